The second-order valence-electron chi connectivity index (χ2n) is 7.29. The monoisotopic (exact) mass is 397 g/mol. The fourth-order valence-corrected chi connectivity index (χ4v) is 5.51. The van der Waals surface area contributed by atoms with Gasteiger partial charge in [-0.2, -0.15) is 0 Å². The van der Waals surface area contributed by atoms with Crippen molar-refractivity contribution in [1.29, 1.82) is 0 Å². The van der Waals surface area contributed by atoms with E-state index in [1.165, 1.54) is 12.3 Å². The fourth-order valence-electron chi connectivity index (χ4n) is 3.66. The van der Waals surface area contributed by atoms with Crippen LogP contribution < -0.4 is 9.64 Å². The van der Waals surface area contributed by atoms with Crippen LogP contribution in [0.3, 0.4) is 0 Å². The first kappa shape index (κ1) is 20.3. The molecule has 1 aliphatic heterocycles. The molecule has 0 bridgehead atoms. The average Bonchev–Trinajstić information content (AvgIpc) is 2.84. The third kappa shape index (κ3) is 4.04. The zero-order valence-corrected chi connectivity index (χ0v) is 17.5. The standard InChI is InChI=1S/C23H27NO3S/c1-4-23(5-2)16-24(19-10-7-6-8-11-19)20-14-18(3)21(27-13-9-12-25)15-22(20)28(26)17-23/h6-15H,4-5,16-17H2,1-3H3/b13-9+. The van der Waals surface area contributed by atoms with E-state index in [9.17, 15) is 9.00 Å². The van der Waals surface area contributed by atoms with Gasteiger partial charge in [-0.25, -0.2) is 0 Å². The molecule has 2 aromatic carbocycles. The Labute approximate surface area is 169 Å². The molecule has 0 amide bonds. The summed E-state index contributed by atoms with van der Waals surface area (Å²) in [5.74, 6) is 1.25. The molecule has 1 aliphatic rings. The van der Waals surface area contributed by atoms with Crippen molar-refractivity contribution in [3.05, 3.63) is 60.4 Å². The van der Waals surface area contributed by atoms with E-state index < -0.39 is 10.8 Å². The molecule has 1 unspecified atom stereocenters. The van der Waals surface area contributed by atoms with Crippen molar-refractivity contribution < 1.29 is 13.7 Å². The number of nitrogens with zero attached hydrogens (tertiary/aromatic N) is 1. The second kappa shape index (κ2) is 8.74. The molecule has 0 saturated heterocycles. The third-order valence-corrected chi connectivity index (χ3v) is 7.34. The summed E-state index contributed by atoms with van der Waals surface area (Å²) in [7, 11) is -1.14. The number of ether oxygens (including phenoxy) is 1. The van der Waals surface area contributed by atoms with Crippen LogP contribution >= 0.6 is 0 Å². The minimum atomic E-state index is -1.14. The fraction of sp³-hybridized carbons (Fsp3) is 0.348. The van der Waals surface area contributed by atoms with Crippen molar-refractivity contribution in [3.8, 4) is 5.75 Å². The summed E-state index contributed by atoms with van der Waals surface area (Å²) < 4.78 is 19.0. The lowest BCUT2D eigenvalue weighted by molar-refractivity contribution is -0.104. The van der Waals surface area contributed by atoms with Crippen LogP contribution in [-0.2, 0) is 15.6 Å². The minimum absolute atomic E-state index is 0.0218. The van der Waals surface area contributed by atoms with Gasteiger partial charge < -0.3 is 9.64 Å². The van der Waals surface area contributed by atoms with Crippen LogP contribution in [0.4, 0.5) is 11.4 Å². The average molecular weight is 398 g/mol. The minimum Gasteiger partial charge on any atom is -0.465 e. The van der Waals surface area contributed by atoms with Crippen molar-refractivity contribution in [2.24, 2.45) is 5.41 Å². The molecule has 0 aromatic heterocycles. The highest BCUT2D eigenvalue weighted by atomic mass is 32.2. The van der Waals surface area contributed by atoms with Crippen molar-refractivity contribution in [2.45, 2.75) is 38.5 Å². The number of rotatable bonds is 6. The van der Waals surface area contributed by atoms with Crippen LogP contribution in [0.1, 0.15) is 32.3 Å². The number of fused-ring (bicyclic) bond motifs is 1. The van der Waals surface area contributed by atoms with E-state index in [2.05, 4.69) is 30.9 Å². The summed E-state index contributed by atoms with van der Waals surface area (Å²) in [5.41, 5.74) is 2.99. The van der Waals surface area contributed by atoms with Crippen molar-refractivity contribution >= 4 is 28.5 Å². The summed E-state index contributed by atoms with van der Waals surface area (Å²) in [6, 6.07) is 14.2. The molecule has 4 nitrogen and oxygen atoms in total. The molecule has 0 fully saturated rings. The smallest absolute Gasteiger partial charge is 0.145 e. The lowest BCUT2D eigenvalue weighted by Gasteiger charge is -2.35. The lowest BCUT2D eigenvalue weighted by atomic mass is 9.83. The second-order valence-corrected chi connectivity index (χ2v) is 8.71. The molecule has 5 heteroatoms. The van der Waals surface area contributed by atoms with Crippen LogP contribution in [0.15, 0.2) is 59.7 Å². The van der Waals surface area contributed by atoms with Gasteiger partial charge in [0.2, 0.25) is 0 Å². The van der Waals surface area contributed by atoms with Gasteiger partial charge in [0.15, 0.2) is 0 Å². The van der Waals surface area contributed by atoms with Crippen molar-refractivity contribution in [1.82, 2.24) is 0 Å². The number of aryl methyl sites for hydroxylation is 1. The van der Waals surface area contributed by atoms with Gasteiger partial charge in [-0.15, -0.1) is 0 Å². The maximum absolute atomic E-state index is 13.4. The Hall–Kier alpha value is -2.40. The summed E-state index contributed by atoms with van der Waals surface area (Å²) in [5, 5.41) is 0. The van der Waals surface area contributed by atoms with E-state index in [1.807, 2.05) is 37.3 Å². The van der Waals surface area contributed by atoms with Crippen LogP contribution in [0, 0.1) is 12.3 Å². The van der Waals surface area contributed by atoms with E-state index >= 15 is 0 Å². The van der Waals surface area contributed by atoms with E-state index in [0.29, 0.717) is 17.8 Å². The highest BCUT2D eigenvalue weighted by Crippen LogP contribution is 2.43. The van der Waals surface area contributed by atoms with Crippen molar-refractivity contribution in [3.63, 3.8) is 0 Å². The largest absolute Gasteiger partial charge is 0.465 e. The molecule has 3 rings (SSSR count). The molecule has 0 radical (unpaired) electrons. The van der Waals surface area contributed by atoms with Gasteiger partial charge >= 0.3 is 0 Å². The number of hydrogen-bond acceptors (Lipinski definition) is 4. The zero-order valence-electron chi connectivity index (χ0n) is 16.7. The molecule has 28 heavy (non-hydrogen) atoms. The zero-order chi connectivity index (χ0) is 20.1. The Balaban J connectivity index is 2.16. The van der Waals surface area contributed by atoms with E-state index in [1.54, 1.807) is 0 Å². The van der Waals surface area contributed by atoms with E-state index in [0.717, 1.165) is 41.2 Å². The predicted molar refractivity (Wildman–Crippen MR) is 115 cm³/mol. The number of allylic oxidation sites excluding steroid dienone is 1. The molecular formula is C23H27NO3S. The molecule has 2 aromatic rings. The van der Waals surface area contributed by atoms with E-state index in [-0.39, 0.29) is 5.41 Å². The van der Waals surface area contributed by atoms with Gasteiger partial charge in [0, 0.05) is 24.1 Å². The summed E-state index contributed by atoms with van der Waals surface area (Å²) in [4.78, 5) is 13.6. The molecule has 1 heterocycles. The number of aldehydes is 1. The summed E-state index contributed by atoms with van der Waals surface area (Å²) >= 11 is 0. The molecule has 0 N–H and O–H groups in total. The van der Waals surface area contributed by atoms with Crippen molar-refractivity contribution in [2.75, 3.05) is 17.2 Å². The maximum Gasteiger partial charge on any atom is 0.145 e. The summed E-state index contributed by atoms with van der Waals surface area (Å²) in [6.45, 7) is 7.16. The number of carbonyl (C=O) groups is 1. The molecule has 0 saturated carbocycles. The third-order valence-electron chi connectivity index (χ3n) is 5.64. The topological polar surface area (TPSA) is 46.6 Å². The Morgan fingerprint density at radius 2 is 1.89 bits per heavy atom. The quantitative estimate of drug-likeness (QED) is 0.384. The first-order valence-corrected chi connectivity index (χ1v) is 11.0. The highest BCUT2D eigenvalue weighted by molar-refractivity contribution is 7.85. The van der Waals surface area contributed by atoms with Crippen LogP contribution in [-0.4, -0.2) is 22.8 Å². The molecule has 148 valence electrons. The van der Waals surface area contributed by atoms with Gasteiger partial charge in [-0.1, -0.05) is 32.0 Å². The molecule has 0 aliphatic carbocycles. The number of carbonyl (C=O) groups excluding carboxylic acids is 1. The maximum atomic E-state index is 13.4. The molecular weight excluding hydrogens is 370 g/mol. The SMILES string of the molecule is CCC1(CC)CN(c2ccccc2)c2cc(C)c(O/C=C/C=O)cc2S(=O)C1. The van der Waals surface area contributed by atoms with Gasteiger partial charge in [-0.05, 0) is 55.0 Å². The Kier molecular flexibility index (Phi) is 6.35. The van der Waals surface area contributed by atoms with Gasteiger partial charge in [0.25, 0.3) is 0 Å². The predicted octanol–water partition coefficient (Wildman–Crippen LogP) is 5.15. The number of benzene rings is 2. The lowest BCUT2D eigenvalue weighted by Crippen LogP contribution is -2.36. The number of para-hydroxylation sites is 1. The number of anilines is 2. The summed E-state index contributed by atoms with van der Waals surface area (Å²) in [6.07, 6.45) is 5.27. The van der Waals surface area contributed by atoms with Crippen LogP contribution in [0.5, 0.6) is 5.75 Å². The van der Waals surface area contributed by atoms with Gasteiger partial charge in [0.05, 0.1) is 27.6 Å². The number of hydrogen-bond donors (Lipinski definition) is 0. The first-order chi connectivity index (χ1) is 13.5. The Morgan fingerprint density at radius 3 is 2.54 bits per heavy atom. The van der Waals surface area contributed by atoms with Crippen LogP contribution in [0.2, 0.25) is 0 Å². The Morgan fingerprint density at radius 1 is 1.18 bits per heavy atom. The van der Waals surface area contributed by atoms with Crippen LogP contribution in [0.25, 0.3) is 0 Å². The molecule has 1 atom stereocenters. The van der Waals surface area contributed by atoms with Gasteiger partial charge in [-0.3, -0.25) is 9.00 Å². The van der Waals surface area contributed by atoms with Gasteiger partial charge in [0.1, 0.15) is 12.0 Å². The first-order valence-electron chi connectivity index (χ1n) is 9.66. The van der Waals surface area contributed by atoms with E-state index in [4.69, 9.17) is 4.74 Å². The molecule has 0 spiro atoms. The Bertz CT molecular complexity index is 888. The normalized spacial score (nSPS) is 18.5. The highest BCUT2D eigenvalue weighted by Gasteiger charge is 2.37.